The average molecular weight is 347 g/mol. The van der Waals surface area contributed by atoms with Gasteiger partial charge in [0.15, 0.2) is 0 Å². The predicted molar refractivity (Wildman–Crippen MR) is 96.2 cm³/mol. The van der Waals surface area contributed by atoms with Crippen LogP contribution in [0.5, 0.6) is 0 Å². The van der Waals surface area contributed by atoms with Gasteiger partial charge in [-0.15, -0.1) is 0 Å². The summed E-state index contributed by atoms with van der Waals surface area (Å²) in [7, 11) is 0. The van der Waals surface area contributed by atoms with Crippen LogP contribution in [-0.2, 0) is 16.1 Å². The van der Waals surface area contributed by atoms with Crippen LogP contribution in [0.15, 0.2) is 30.3 Å². The summed E-state index contributed by atoms with van der Waals surface area (Å²) < 4.78 is 5.28. The molecule has 0 bridgehead atoms. The Morgan fingerprint density at radius 2 is 2.04 bits per heavy atom. The van der Waals surface area contributed by atoms with Crippen LogP contribution in [-0.4, -0.2) is 23.2 Å². The van der Waals surface area contributed by atoms with Crippen LogP contribution in [0.3, 0.4) is 0 Å². The number of carbonyl (C=O) groups is 2. The number of ether oxygens (including phenoxy) is 1. The van der Waals surface area contributed by atoms with E-state index in [9.17, 15) is 9.59 Å². The molecule has 1 fully saturated rings. The summed E-state index contributed by atoms with van der Waals surface area (Å²) in [6.07, 6.45) is 5.67. The van der Waals surface area contributed by atoms with E-state index >= 15 is 0 Å². The van der Waals surface area contributed by atoms with Crippen molar-refractivity contribution < 1.29 is 19.4 Å². The highest BCUT2D eigenvalue weighted by Gasteiger charge is 2.24. The third-order valence-electron chi connectivity index (χ3n) is 4.90. The Labute approximate surface area is 149 Å². The van der Waals surface area contributed by atoms with Crippen molar-refractivity contribution in [3.63, 3.8) is 0 Å². The number of hydrogen-bond acceptors (Lipinski definition) is 3. The lowest BCUT2D eigenvalue weighted by Gasteiger charge is -2.30. The zero-order valence-electron chi connectivity index (χ0n) is 14.9. The Balaban J connectivity index is 1.83. The summed E-state index contributed by atoms with van der Waals surface area (Å²) in [5.41, 5.74) is 0.931. The van der Waals surface area contributed by atoms with Gasteiger partial charge in [-0.1, -0.05) is 56.5 Å². The van der Waals surface area contributed by atoms with Gasteiger partial charge in [-0.05, 0) is 36.7 Å². The molecule has 1 aliphatic rings. The lowest BCUT2D eigenvalue weighted by molar-refractivity contribution is -0.137. The molecule has 1 amide bonds. The molecule has 0 aliphatic heterocycles. The minimum atomic E-state index is -0.832. The van der Waals surface area contributed by atoms with E-state index in [0.717, 1.165) is 24.8 Å². The van der Waals surface area contributed by atoms with Gasteiger partial charge < -0.3 is 15.2 Å². The van der Waals surface area contributed by atoms with Gasteiger partial charge in [0.1, 0.15) is 6.61 Å². The molecule has 3 unspecified atom stereocenters. The van der Waals surface area contributed by atoms with Gasteiger partial charge >= 0.3 is 12.1 Å². The van der Waals surface area contributed by atoms with Crippen molar-refractivity contribution >= 4 is 12.1 Å². The van der Waals surface area contributed by atoms with Gasteiger partial charge in [-0.25, -0.2) is 4.79 Å². The van der Waals surface area contributed by atoms with Gasteiger partial charge in [0.25, 0.3) is 0 Å². The predicted octanol–water partition coefficient (Wildman–Crippen LogP) is 4.36. The molecule has 1 aromatic rings. The smallest absolute Gasteiger partial charge is 0.407 e. The zero-order chi connectivity index (χ0) is 18.1. The van der Waals surface area contributed by atoms with E-state index in [1.54, 1.807) is 0 Å². The monoisotopic (exact) mass is 347 g/mol. The molecule has 0 radical (unpaired) electrons. The fourth-order valence-corrected chi connectivity index (χ4v) is 3.65. The number of carbonyl (C=O) groups excluding carboxylic acids is 1. The van der Waals surface area contributed by atoms with Crippen LogP contribution in [0.4, 0.5) is 4.79 Å². The molecular formula is C20H29NO4. The molecule has 2 N–H and O–H groups in total. The summed E-state index contributed by atoms with van der Waals surface area (Å²) in [5.74, 6) is 0.433. The first-order chi connectivity index (χ1) is 12.0. The quantitative estimate of drug-likeness (QED) is 0.732. The lowest BCUT2D eigenvalue weighted by Crippen LogP contribution is -2.37. The Hall–Kier alpha value is -2.04. The second kappa shape index (κ2) is 10.1. The summed E-state index contributed by atoms with van der Waals surface area (Å²) in [5, 5.41) is 11.8. The lowest BCUT2D eigenvalue weighted by atomic mass is 9.79. The second-order valence-corrected chi connectivity index (χ2v) is 7.21. The van der Waals surface area contributed by atoms with Crippen LogP contribution in [0.1, 0.15) is 57.4 Å². The van der Waals surface area contributed by atoms with Crippen molar-refractivity contribution in [2.45, 2.75) is 64.5 Å². The molecule has 138 valence electrons. The molecule has 0 aromatic heterocycles. The number of nitrogens with one attached hydrogen (secondary N) is 1. The molecule has 1 aromatic carbocycles. The number of hydrogen-bond donors (Lipinski definition) is 2. The summed E-state index contributed by atoms with van der Waals surface area (Å²) in [4.78, 5) is 23.0. The summed E-state index contributed by atoms with van der Waals surface area (Å²) in [6.45, 7) is 2.48. The number of rotatable bonds is 8. The van der Waals surface area contributed by atoms with Gasteiger partial charge in [0.2, 0.25) is 0 Å². The van der Waals surface area contributed by atoms with Crippen molar-refractivity contribution in [3.05, 3.63) is 35.9 Å². The maximum atomic E-state index is 12.1. The van der Waals surface area contributed by atoms with Crippen LogP contribution >= 0.6 is 0 Å². The van der Waals surface area contributed by atoms with Crippen LogP contribution in [0.2, 0.25) is 0 Å². The molecule has 5 nitrogen and oxygen atoms in total. The molecular weight excluding hydrogens is 318 g/mol. The number of alkyl carbamates (subject to hydrolysis) is 1. The van der Waals surface area contributed by atoms with E-state index < -0.39 is 12.1 Å². The third-order valence-corrected chi connectivity index (χ3v) is 4.90. The van der Waals surface area contributed by atoms with Gasteiger partial charge in [0.05, 0.1) is 0 Å². The molecule has 5 heteroatoms. The summed E-state index contributed by atoms with van der Waals surface area (Å²) in [6, 6.07) is 9.37. The van der Waals surface area contributed by atoms with Crippen molar-refractivity contribution in [1.29, 1.82) is 0 Å². The minimum absolute atomic E-state index is 0.0614. The average Bonchev–Trinajstić information content (AvgIpc) is 2.59. The fraction of sp³-hybridized carbons (Fsp3) is 0.600. The molecule has 0 saturated heterocycles. The first-order valence-corrected chi connectivity index (χ1v) is 9.22. The van der Waals surface area contributed by atoms with E-state index in [1.165, 1.54) is 12.8 Å². The molecule has 1 aliphatic carbocycles. The van der Waals surface area contributed by atoms with E-state index in [1.807, 2.05) is 30.3 Å². The first kappa shape index (κ1) is 19.3. The van der Waals surface area contributed by atoms with Crippen LogP contribution in [0, 0.1) is 11.8 Å². The Morgan fingerprint density at radius 1 is 1.28 bits per heavy atom. The second-order valence-electron chi connectivity index (χ2n) is 7.21. The highest BCUT2D eigenvalue weighted by molar-refractivity contribution is 5.68. The molecule has 1 saturated carbocycles. The standard InChI is InChI=1S/C20H29NO4/c1-15-6-5-9-17(12-15)13-18(10-11-19(22)23)21-20(24)25-14-16-7-3-2-4-8-16/h2-4,7-8,15,17-18H,5-6,9-14H2,1H3,(H,21,24)(H,22,23). The van der Waals surface area contributed by atoms with E-state index in [0.29, 0.717) is 18.3 Å². The largest absolute Gasteiger partial charge is 0.481 e. The molecule has 25 heavy (non-hydrogen) atoms. The number of carboxylic acids is 1. The summed E-state index contributed by atoms with van der Waals surface area (Å²) >= 11 is 0. The molecule has 0 spiro atoms. The number of benzene rings is 1. The van der Waals surface area contributed by atoms with E-state index in [4.69, 9.17) is 9.84 Å². The number of amides is 1. The number of carboxylic acid groups (broad SMARTS) is 1. The maximum absolute atomic E-state index is 12.1. The molecule has 0 heterocycles. The van der Waals surface area contributed by atoms with Gasteiger partial charge in [-0.3, -0.25) is 4.79 Å². The maximum Gasteiger partial charge on any atom is 0.407 e. The van der Waals surface area contributed by atoms with Crippen molar-refractivity contribution in [3.8, 4) is 0 Å². The fourth-order valence-electron chi connectivity index (χ4n) is 3.65. The SMILES string of the molecule is CC1CCCC(CC(CCC(=O)O)NC(=O)OCc2ccccc2)C1. The van der Waals surface area contributed by atoms with Crippen LogP contribution in [0.25, 0.3) is 0 Å². The minimum Gasteiger partial charge on any atom is -0.481 e. The van der Waals surface area contributed by atoms with Crippen LogP contribution < -0.4 is 5.32 Å². The number of aliphatic carboxylic acids is 1. The third kappa shape index (κ3) is 7.59. The topological polar surface area (TPSA) is 75.6 Å². The highest BCUT2D eigenvalue weighted by atomic mass is 16.5. The Kier molecular flexibility index (Phi) is 7.76. The van der Waals surface area contributed by atoms with Crippen molar-refractivity contribution in [2.75, 3.05) is 0 Å². The highest BCUT2D eigenvalue weighted by Crippen LogP contribution is 2.32. The molecule has 3 atom stereocenters. The van der Waals surface area contributed by atoms with Gasteiger partial charge in [-0.2, -0.15) is 0 Å². The normalized spacial score (nSPS) is 21.3. The van der Waals surface area contributed by atoms with E-state index in [2.05, 4.69) is 12.2 Å². The van der Waals surface area contributed by atoms with E-state index in [-0.39, 0.29) is 19.1 Å². The Morgan fingerprint density at radius 3 is 2.72 bits per heavy atom. The Bertz CT molecular complexity index is 546. The van der Waals surface area contributed by atoms with Crippen molar-refractivity contribution in [1.82, 2.24) is 5.32 Å². The first-order valence-electron chi connectivity index (χ1n) is 9.22. The van der Waals surface area contributed by atoms with Crippen molar-refractivity contribution in [2.24, 2.45) is 11.8 Å². The molecule has 2 rings (SSSR count). The van der Waals surface area contributed by atoms with Gasteiger partial charge in [0, 0.05) is 12.5 Å². The zero-order valence-corrected chi connectivity index (χ0v) is 14.9.